The number of H-pyrrole nitrogens is 1. The van der Waals surface area contributed by atoms with E-state index in [-0.39, 0.29) is 29.8 Å². The van der Waals surface area contributed by atoms with Crippen LogP contribution < -0.4 is 10.9 Å². The number of carbonyl (C=O) groups excluding carboxylic acids is 1. The standard InChI is InChI=1S/C17H13F2N3O2/c18-10-5-6-12(11(19)9-10)21-16(23)8-7-15-17(24)22-14-4-2-1-3-13(14)20-15/h1-6,9H,7-8H2,(H,21,23)(H,22,24). The van der Waals surface area contributed by atoms with Crippen LogP contribution in [0.15, 0.2) is 47.3 Å². The third-order valence-electron chi connectivity index (χ3n) is 3.46. The van der Waals surface area contributed by atoms with Crippen molar-refractivity contribution in [2.75, 3.05) is 5.32 Å². The number of nitrogens with zero attached hydrogens (tertiary/aromatic N) is 1. The number of nitrogens with one attached hydrogen (secondary N) is 2. The molecule has 1 aromatic heterocycles. The molecular formula is C17H13F2N3O2. The fourth-order valence-corrected chi connectivity index (χ4v) is 2.27. The minimum atomic E-state index is -0.856. The van der Waals surface area contributed by atoms with Crippen LogP contribution in [0.3, 0.4) is 0 Å². The fourth-order valence-electron chi connectivity index (χ4n) is 2.27. The lowest BCUT2D eigenvalue weighted by molar-refractivity contribution is -0.116. The second-order valence-electron chi connectivity index (χ2n) is 5.20. The Labute approximate surface area is 135 Å². The number of carbonyl (C=O) groups is 1. The van der Waals surface area contributed by atoms with E-state index in [4.69, 9.17) is 0 Å². The van der Waals surface area contributed by atoms with Gasteiger partial charge in [-0.1, -0.05) is 12.1 Å². The number of para-hydroxylation sites is 2. The first-order valence-corrected chi connectivity index (χ1v) is 7.26. The topological polar surface area (TPSA) is 74.8 Å². The number of aryl methyl sites for hydroxylation is 1. The normalized spacial score (nSPS) is 10.8. The molecule has 0 unspecified atom stereocenters. The summed E-state index contributed by atoms with van der Waals surface area (Å²) in [5, 5.41) is 2.34. The lowest BCUT2D eigenvalue weighted by Crippen LogP contribution is -2.19. The van der Waals surface area contributed by atoms with E-state index in [1.54, 1.807) is 24.3 Å². The van der Waals surface area contributed by atoms with Crippen molar-refractivity contribution in [2.24, 2.45) is 0 Å². The average molecular weight is 329 g/mol. The van der Waals surface area contributed by atoms with E-state index in [1.165, 1.54) is 0 Å². The van der Waals surface area contributed by atoms with E-state index >= 15 is 0 Å². The van der Waals surface area contributed by atoms with Crippen LogP contribution in [0.2, 0.25) is 0 Å². The Morgan fingerprint density at radius 3 is 2.75 bits per heavy atom. The molecule has 5 nitrogen and oxygen atoms in total. The third-order valence-corrected chi connectivity index (χ3v) is 3.46. The molecule has 2 N–H and O–H groups in total. The van der Waals surface area contributed by atoms with Crippen molar-refractivity contribution in [3.05, 3.63) is 70.1 Å². The summed E-state index contributed by atoms with van der Waals surface area (Å²) in [5.74, 6) is -2.07. The van der Waals surface area contributed by atoms with Gasteiger partial charge in [0.1, 0.15) is 17.3 Å². The first-order valence-electron chi connectivity index (χ1n) is 7.26. The Kier molecular flexibility index (Phi) is 4.33. The van der Waals surface area contributed by atoms with Gasteiger partial charge in [-0.15, -0.1) is 0 Å². The van der Waals surface area contributed by atoms with Gasteiger partial charge in [0.25, 0.3) is 5.56 Å². The molecule has 3 aromatic rings. The van der Waals surface area contributed by atoms with Gasteiger partial charge >= 0.3 is 0 Å². The van der Waals surface area contributed by atoms with Crippen LogP contribution in [0.5, 0.6) is 0 Å². The number of hydrogen-bond donors (Lipinski definition) is 2. The Bertz CT molecular complexity index is 969. The van der Waals surface area contributed by atoms with Crippen molar-refractivity contribution in [3.63, 3.8) is 0 Å². The van der Waals surface area contributed by atoms with Gasteiger partial charge in [-0.25, -0.2) is 13.8 Å². The molecule has 0 fully saturated rings. The monoisotopic (exact) mass is 329 g/mol. The van der Waals surface area contributed by atoms with Crippen LogP contribution in [0.1, 0.15) is 12.1 Å². The predicted molar refractivity (Wildman–Crippen MR) is 85.7 cm³/mol. The molecule has 24 heavy (non-hydrogen) atoms. The lowest BCUT2D eigenvalue weighted by atomic mass is 10.2. The van der Waals surface area contributed by atoms with E-state index in [2.05, 4.69) is 15.3 Å². The molecule has 0 aliphatic heterocycles. The van der Waals surface area contributed by atoms with Crippen molar-refractivity contribution in [3.8, 4) is 0 Å². The van der Waals surface area contributed by atoms with E-state index in [9.17, 15) is 18.4 Å². The first-order chi connectivity index (χ1) is 11.5. The summed E-state index contributed by atoms with van der Waals surface area (Å²) in [6.07, 6.45) is 0.0556. The molecule has 0 radical (unpaired) electrons. The Morgan fingerprint density at radius 1 is 1.17 bits per heavy atom. The summed E-state index contributed by atoms with van der Waals surface area (Å²) >= 11 is 0. The third kappa shape index (κ3) is 3.45. The zero-order valence-electron chi connectivity index (χ0n) is 12.5. The fraction of sp³-hybridized carbons (Fsp3) is 0.118. The molecular weight excluding hydrogens is 316 g/mol. The predicted octanol–water partition coefficient (Wildman–Crippen LogP) is 2.77. The summed E-state index contributed by atoms with van der Waals surface area (Å²) in [6, 6.07) is 9.94. The van der Waals surface area contributed by atoms with Crippen LogP contribution in [0.25, 0.3) is 11.0 Å². The highest BCUT2D eigenvalue weighted by molar-refractivity contribution is 5.90. The molecule has 0 bridgehead atoms. The number of aromatic nitrogens is 2. The second-order valence-corrected chi connectivity index (χ2v) is 5.20. The van der Waals surface area contributed by atoms with Gasteiger partial charge in [0.2, 0.25) is 5.91 Å². The molecule has 7 heteroatoms. The second kappa shape index (κ2) is 6.57. The van der Waals surface area contributed by atoms with Gasteiger partial charge in [-0.2, -0.15) is 0 Å². The maximum atomic E-state index is 13.5. The number of fused-ring (bicyclic) bond motifs is 1. The zero-order chi connectivity index (χ0) is 17.1. The number of aromatic amines is 1. The SMILES string of the molecule is O=C(CCc1nc2ccccc2[nH]c1=O)Nc1ccc(F)cc1F. The van der Waals surface area contributed by atoms with Gasteiger partial charge < -0.3 is 10.3 Å². The minimum absolute atomic E-state index is 0.0504. The van der Waals surface area contributed by atoms with Crippen LogP contribution in [0.4, 0.5) is 14.5 Å². The van der Waals surface area contributed by atoms with Crippen molar-refractivity contribution < 1.29 is 13.6 Å². The average Bonchev–Trinajstić information content (AvgIpc) is 2.55. The maximum Gasteiger partial charge on any atom is 0.270 e. The summed E-state index contributed by atoms with van der Waals surface area (Å²) < 4.78 is 26.3. The van der Waals surface area contributed by atoms with Gasteiger partial charge in [0.05, 0.1) is 16.7 Å². The number of anilines is 1. The van der Waals surface area contributed by atoms with Crippen molar-refractivity contribution in [1.29, 1.82) is 0 Å². The highest BCUT2D eigenvalue weighted by Gasteiger charge is 2.11. The van der Waals surface area contributed by atoms with E-state index in [0.717, 1.165) is 12.1 Å². The van der Waals surface area contributed by atoms with Crippen LogP contribution in [-0.2, 0) is 11.2 Å². The number of halogens is 2. The molecule has 1 heterocycles. The molecule has 0 atom stereocenters. The van der Waals surface area contributed by atoms with Gasteiger partial charge in [-0.05, 0) is 24.3 Å². The van der Waals surface area contributed by atoms with Crippen LogP contribution >= 0.6 is 0 Å². The molecule has 0 aliphatic carbocycles. The summed E-state index contributed by atoms with van der Waals surface area (Å²) in [7, 11) is 0. The molecule has 0 saturated heterocycles. The quantitative estimate of drug-likeness (QED) is 0.773. The molecule has 1 amide bonds. The smallest absolute Gasteiger partial charge is 0.270 e. The summed E-state index contributed by atoms with van der Waals surface area (Å²) in [5.41, 5.74) is 0.987. The number of rotatable bonds is 4. The number of benzene rings is 2. The maximum absolute atomic E-state index is 13.5. The molecule has 2 aromatic carbocycles. The molecule has 0 aliphatic rings. The molecule has 3 rings (SSSR count). The summed E-state index contributed by atoms with van der Waals surface area (Å²) in [6.45, 7) is 0. The van der Waals surface area contributed by atoms with Crippen molar-refractivity contribution in [2.45, 2.75) is 12.8 Å². The highest BCUT2D eigenvalue weighted by Crippen LogP contribution is 2.15. The zero-order valence-corrected chi connectivity index (χ0v) is 12.5. The first kappa shape index (κ1) is 15.8. The van der Waals surface area contributed by atoms with E-state index in [0.29, 0.717) is 17.1 Å². The molecule has 122 valence electrons. The van der Waals surface area contributed by atoms with Gasteiger partial charge in [0, 0.05) is 18.9 Å². The Balaban J connectivity index is 1.70. The highest BCUT2D eigenvalue weighted by atomic mass is 19.1. The van der Waals surface area contributed by atoms with E-state index < -0.39 is 17.5 Å². The lowest BCUT2D eigenvalue weighted by Gasteiger charge is -2.06. The Hall–Kier alpha value is -3.09. The molecule has 0 saturated carbocycles. The largest absolute Gasteiger partial charge is 0.324 e. The number of hydrogen-bond acceptors (Lipinski definition) is 3. The van der Waals surface area contributed by atoms with Crippen molar-refractivity contribution in [1.82, 2.24) is 9.97 Å². The summed E-state index contributed by atoms with van der Waals surface area (Å²) in [4.78, 5) is 30.8. The van der Waals surface area contributed by atoms with Crippen LogP contribution in [0, 0.1) is 11.6 Å². The minimum Gasteiger partial charge on any atom is -0.324 e. The van der Waals surface area contributed by atoms with Gasteiger partial charge in [-0.3, -0.25) is 9.59 Å². The van der Waals surface area contributed by atoms with E-state index in [1.807, 2.05) is 0 Å². The Morgan fingerprint density at radius 2 is 1.96 bits per heavy atom. The van der Waals surface area contributed by atoms with Crippen LogP contribution in [-0.4, -0.2) is 15.9 Å². The van der Waals surface area contributed by atoms with Crippen molar-refractivity contribution >= 4 is 22.6 Å². The molecule has 0 spiro atoms. The number of amides is 1. The van der Waals surface area contributed by atoms with Gasteiger partial charge in [0.15, 0.2) is 0 Å².